The second kappa shape index (κ2) is 6.96. The fourth-order valence-corrected chi connectivity index (χ4v) is 2.63. The lowest BCUT2D eigenvalue weighted by molar-refractivity contribution is -0.136. The predicted octanol–water partition coefficient (Wildman–Crippen LogP) is 6.13. The maximum absolute atomic E-state index is 12.8. The smallest absolute Gasteiger partial charge is 0.293 e. The van der Waals surface area contributed by atoms with Gasteiger partial charge in [-0.3, -0.25) is 4.79 Å². The van der Waals surface area contributed by atoms with Gasteiger partial charge >= 0.3 is 6.18 Å². The molecule has 116 valence electrons. The van der Waals surface area contributed by atoms with E-state index in [0.717, 1.165) is 8.95 Å². The van der Waals surface area contributed by atoms with Crippen molar-refractivity contribution < 1.29 is 18.0 Å². The van der Waals surface area contributed by atoms with Crippen LogP contribution in [0.15, 0.2) is 57.5 Å². The molecule has 1 unspecified atom stereocenters. The Morgan fingerprint density at radius 2 is 1.36 bits per heavy atom. The van der Waals surface area contributed by atoms with E-state index in [1.165, 1.54) is 24.3 Å². The molecule has 0 N–H and O–H groups in total. The number of hydrogen-bond donors (Lipinski definition) is 0. The SMILES string of the molecule is O=C(c1ccc(Br)cc1)C(CC(F)(F)F)c1ccc(Br)cc1. The van der Waals surface area contributed by atoms with Crippen LogP contribution in [0.1, 0.15) is 28.3 Å². The Bertz CT molecular complexity index is 649. The molecule has 0 spiro atoms. The van der Waals surface area contributed by atoms with Gasteiger partial charge in [-0.15, -0.1) is 0 Å². The lowest BCUT2D eigenvalue weighted by Crippen LogP contribution is -2.21. The van der Waals surface area contributed by atoms with Crippen LogP contribution >= 0.6 is 31.9 Å². The van der Waals surface area contributed by atoms with E-state index < -0.39 is 24.3 Å². The van der Waals surface area contributed by atoms with E-state index in [4.69, 9.17) is 0 Å². The molecule has 22 heavy (non-hydrogen) atoms. The number of ketones is 1. The number of carbonyl (C=O) groups is 1. The molecule has 0 aromatic heterocycles. The Kier molecular flexibility index (Phi) is 5.45. The van der Waals surface area contributed by atoms with Crippen molar-refractivity contribution in [3.63, 3.8) is 0 Å². The maximum atomic E-state index is 12.8. The van der Waals surface area contributed by atoms with Gasteiger partial charge in [0.15, 0.2) is 5.78 Å². The first kappa shape index (κ1) is 17.2. The van der Waals surface area contributed by atoms with Crippen molar-refractivity contribution >= 4 is 37.6 Å². The van der Waals surface area contributed by atoms with Crippen LogP contribution in [0.4, 0.5) is 13.2 Å². The van der Waals surface area contributed by atoms with Gasteiger partial charge in [0.05, 0.1) is 12.3 Å². The number of Topliss-reactive ketones (excluding diaryl/α,β-unsaturated/α-hetero) is 1. The van der Waals surface area contributed by atoms with Gasteiger partial charge in [-0.1, -0.05) is 56.1 Å². The molecule has 0 aliphatic carbocycles. The van der Waals surface area contributed by atoms with E-state index in [-0.39, 0.29) is 5.56 Å². The molecule has 0 amide bonds. The Hall–Kier alpha value is -1.14. The zero-order chi connectivity index (χ0) is 16.3. The quantitative estimate of drug-likeness (QED) is 0.528. The lowest BCUT2D eigenvalue weighted by Gasteiger charge is -2.18. The number of benzene rings is 2. The van der Waals surface area contributed by atoms with E-state index in [1.54, 1.807) is 24.3 Å². The van der Waals surface area contributed by atoms with Crippen molar-refractivity contribution in [2.75, 3.05) is 0 Å². The van der Waals surface area contributed by atoms with Crippen LogP contribution in [-0.4, -0.2) is 12.0 Å². The number of rotatable bonds is 4. The van der Waals surface area contributed by atoms with Crippen molar-refractivity contribution in [2.45, 2.75) is 18.5 Å². The second-order valence-corrected chi connectivity index (χ2v) is 6.63. The van der Waals surface area contributed by atoms with Crippen LogP contribution in [0.3, 0.4) is 0 Å². The molecular formula is C16H11Br2F3O. The van der Waals surface area contributed by atoms with Gasteiger partial charge in [0.25, 0.3) is 0 Å². The van der Waals surface area contributed by atoms with E-state index in [9.17, 15) is 18.0 Å². The van der Waals surface area contributed by atoms with Gasteiger partial charge in [0, 0.05) is 14.5 Å². The molecule has 2 aromatic rings. The third-order valence-electron chi connectivity index (χ3n) is 3.15. The first-order chi connectivity index (χ1) is 10.3. The van der Waals surface area contributed by atoms with Crippen molar-refractivity contribution in [3.8, 4) is 0 Å². The molecule has 1 nitrogen and oxygen atoms in total. The third-order valence-corrected chi connectivity index (χ3v) is 4.21. The van der Waals surface area contributed by atoms with Gasteiger partial charge in [-0.2, -0.15) is 13.2 Å². The summed E-state index contributed by atoms with van der Waals surface area (Å²) in [6.07, 6.45) is -5.59. The highest BCUT2D eigenvalue weighted by molar-refractivity contribution is 9.10. The van der Waals surface area contributed by atoms with Crippen LogP contribution in [0.25, 0.3) is 0 Å². The first-order valence-corrected chi connectivity index (χ1v) is 7.97. The van der Waals surface area contributed by atoms with Crippen molar-refractivity contribution in [1.29, 1.82) is 0 Å². The van der Waals surface area contributed by atoms with Crippen LogP contribution in [0.5, 0.6) is 0 Å². The summed E-state index contributed by atoms with van der Waals surface area (Å²) in [7, 11) is 0. The summed E-state index contributed by atoms with van der Waals surface area (Å²) in [5.41, 5.74) is 0.619. The fraction of sp³-hybridized carbons (Fsp3) is 0.188. The van der Waals surface area contributed by atoms with Crippen molar-refractivity contribution in [2.24, 2.45) is 0 Å². The summed E-state index contributed by atoms with van der Waals surface area (Å²) in [4.78, 5) is 12.5. The maximum Gasteiger partial charge on any atom is 0.390 e. The third kappa shape index (κ3) is 4.68. The molecule has 0 heterocycles. The average Bonchev–Trinajstić information content (AvgIpc) is 2.45. The van der Waals surface area contributed by atoms with Crippen LogP contribution in [-0.2, 0) is 0 Å². The molecule has 0 saturated heterocycles. The Morgan fingerprint density at radius 3 is 1.82 bits per heavy atom. The molecular weight excluding hydrogens is 425 g/mol. The zero-order valence-corrected chi connectivity index (χ0v) is 14.4. The molecule has 0 bridgehead atoms. The summed E-state index contributed by atoms with van der Waals surface area (Å²) in [6, 6.07) is 12.7. The summed E-state index contributed by atoms with van der Waals surface area (Å²) in [5, 5.41) is 0. The second-order valence-electron chi connectivity index (χ2n) is 4.79. The van der Waals surface area contributed by atoms with Crippen LogP contribution < -0.4 is 0 Å². The van der Waals surface area contributed by atoms with Crippen LogP contribution in [0.2, 0.25) is 0 Å². The molecule has 6 heteroatoms. The van der Waals surface area contributed by atoms with Crippen molar-refractivity contribution in [3.05, 3.63) is 68.6 Å². The predicted molar refractivity (Wildman–Crippen MR) is 86.0 cm³/mol. The van der Waals surface area contributed by atoms with E-state index in [0.29, 0.717) is 5.56 Å². The summed E-state index contributed by atoms with van der Waals surface area (Å²) in [6.45, 7) is 0. The standard InChI is InChI=1S/C16H11Br2F3O/c17-12-5-1-10(2-6-12)14(9-16(19,20)21)15(22)11-3-7-13(18)8-4-11/h1-8,14H,9H2. The molecule has 2 rings (SSSR count). The Balaban J connectivity index is 2.37. The van der Waals surface area contributed by atoms with E-state index in [2.05, 4.69) is 31.9 Å². The summed E-state index contributed by atoms with van der Waals surface area (Å²) < 4.78 is 40.0. The normalized spacial score (nSPS) is 13.0. The number of alkyl halides is 3. The average molecular weight is 436 g/mol. The minimum Gasteiger partial charge on any atom is -0.293 e. The molecule has 2 aromatic carbocycles. The molecule has 0 saturated carbocycles. The first-order valence-electron chi connectivity index (χ1n) is 6.38. The highest BCUT2D eigenvalue weighted by atomic mass is 79.9. The summed E-state index contributed by atoms with van der Waals surface area (Å²) in [5.74, 6) is -1.78. The fourth-order valence-electron chi connectivity index (χ4n) is 2.10. The number of hydrogen-bond acceptors (Lipinski definition) is 1. The summed E-state index contributed by atoms with van der Waals surface area (Å²) >= 11 is 6.47. The Labute approximate surface area is 142 Å². The zero-order valence-electron chi connectivity index (χ0n) is 11.2. The largest absolute Gasteiger partial charge is 0.390 e. The minimum atomic E-state index is -4.41. The highest BCUT2D eigenvalue weighted by Crippen LogP contribution is 2.34. The minimum absolute atomic E-state index is 0.264. The number of halogens is 5. The monoisotopic (exact) mass is 434 g/mol. The molecule has 0 aliphatic rings. The van der Waals surface area contributed by atoms with Crippen LogP contribution in [0, 0.1) is 0 Å². The van der Waals surface area contributed by atoms with Gasteiger partial charge < -0.3 is 0 Å². The number of carbonyl (C=O) groups excluding carboxylic acids is 1. The molecule has 0 fully saturated rings. The van der Waals surface area contributed by atoms with Gasteiger partial charge in [0.2, 0.25) is 0 Å². The van der Waals surface area contributed by atoms with E-state index >= 15 is 0 Å². The Morgan fingerprint density at radius 1 is 0.909 bits per heavy atom. The van der Waals surface area contributed by atoms with Gasteiger partial charge in [0.1, 0.15) is 0 Å². The van der Waals surface area contributed by atoms with E-state index in [1.807, 2.05) is 0 Å². The van der Waals surface area contributed by atoms with Gasteiger partial charge in [-0.25, -0.2) is 0 Å². The molecule has 1 atom stereocenters. The van der Waals surface area contributed by atoms with Gasteiger partial charge in [-0.05, 0) is 29.8 Å². The highest BCUT2D eigenvalue weighted by Gasteiger charge is 2.36. The lowest BCUT2D eigenvalue weighted by atomic mass is 9.88. The topological polar surface area (TPSA) is 17.1 Å². The van der Waals surface area contributed by atoms with Crippen molar-refractivity contribution in [1.82, 2.24) is 0 Å². The molecule has 0 aliphatic heterocycles. The molecule has 0 radical (unpaired) electrons.